The molecule has 0 fully saturated rings. The Labute approximate surface area is 182 Å². The van der Waals surface area contributed by atoms with Crippen LogP contribution in [0, 0.1) is 5.82 Å². The van der Waals surface area contributed by atoms with Crippen molar-refractivity contribution in [2.75, 3.05) is 24.2 Å². The number of para-hydroxylation sites is 1. The van der Waals surface area contributed by atoms with Crippen LogP contribution < -0.4 is 9.62 Å². The lowest BCUT2D eigenvalue weighted by atomic mass is 10.1. The second kappa shape index (κ2) is 10.9. The molecule has 168 valence electrons. The van der Waals surface area contributed by atoms with Gasteiger partial charge in [0.25, 0.3) is 0 Å². The molecule has 7 nitrogen and oxygen atoms in total. The molecule has 1 atom stereocenters. The summed E-state index contributed by atoms with van der Waals surface area (Å²) in [5, 5.41) is 2.55. The summed E-state index contributed by atoms with van der Waals surface area (Å²) in [5.74, 6) is -1.24. The van der Waals surface area contributed by atoms with Gasteiger partial charge in [-0.15, -0.1) is 0 Å². The predicted molar refractivity (Wildman–Crippen MR) is 118 cm³/mol. The Morgan fingerprint density at radius 1 is 1.06 bits per heavy atom. The molecular weight excluding hydrogens is 421 g/mol. The van der Waals surface area contributed by atoms with Crippen molar-refractivity contribution in [1.82, 2.24) is 10.2 Å². The van der Waals surface area contributed by atoms with E-state index in [1.54, 1.807) is 13.0 Å². The van der Waals surface area contributed by atoms with Gasteiger partial charge >= 0.3 is 0 Å². The first-order chi connectivity index (χ1) is 14.6. The molecule has 0 radical (unpaired) electrons. The van der Waals surface area contributed by atoms with Crippen molar-refractivity contribution >= 4 is 27.5 Å². The van der Waals surface area contributed by atoms with E-state index in [2.05, 4.69) is 5.32 Å². The first-order valence-corrected chi connectivity index (χ1v) is 11.8. The van der Waals surface area contributed by atoms with Gasteiger partial charge in [-0.1, -0.05) is 42.5 Å². The first-order valence-electron chi connectivity index (χ1n) is 9.92. The highest BCUT2D eigenvalue weighted by Gasteiger charge is 2.26. The van der Waals surface area contributed by atoms with Crippen LogP contribution in [0.2, 0.25) is 0 Å². The van der Waals surface area contributed by atoms with Crippen molar-refractivity contribution in [3.05, 3.63) is 66.0 Å². The molecule has 0 aliphatic rings. The minimum atomic E-state index is -3.74. The van der Waals surface area contributed by atoms with Crippen molar-refractivity contribution in [1.29, 1.82) is 0 Å². The molecule has 0 aliphatic carbocycles. The fourth-order valence-electron chi connectivity index (χ4n) is 3.21. The second-order valence-electron chi connectivity index (χ2n) is 7.19. The molecule has 2 rings (SSSR count). The standard InChI is InChI=1S/C22H28FN3O4S/c1-17(22(28)24-2)25(16-18-10-5-4-6-11-18)21(27)14-9-15-26(31(3,29)30)20-13-8-7-12-19(20)23/h4-8,10-13,17H,9,14-16H2,1-3H3,(H,24,28)/t17-/m0/s1. The Hall–Kier alpha value is -2.94. The molecule has 0 saturated heterocycles. The van der Waals surface area contributed by atoms with Crippen LogP contribution in [0.5, 0.6) is 0 Å². The fraction of sp³-hybridized carbons (Fsp3) is 0.364. The number of halogens is 1. The van der Waals surface area contributed by atoms with Gasteiger partial charge in [-0.05, 0) is 31.0 Å². The highest BCUT2D eigenvalue weighted by Crippen LogP contribution is 2.22. The molecule has 2 aromatic carbocycles. The van der Waals surface area contributed by atoms with E-state index in [1.807, 2.05) is 30.3 Å². The number of amides is 2. The summed E-state index contributed by atoms with van der Waals surface area (Å²) >= 11 is 0. The van der Waals surface area contributed by atoms with Crippen molar-refractivity contribution < 1.29 is 22.4 Å². The molecule has 31 heavy (non-hydrogen) atoms. The molecule has 1 N–H and O–H groups in total. The molecular formula is C22H28FN3O4S. The van der Waals surface area contributed by atoms with Gasteiger partial charge < -0.3 is 10.2 Å². The van der Waals surface area contributed by atoms with Gasteiger partial charge in [0.05, 0.1) is 11.9 Å². The number of hydrogen-bond donors (Lipinski definition) is 1. The maximum Gasteiger partial charge on any atom is 0.242 e. The molecule has 0 unspecified atom stereocenters. The zero-order valence-electron chi connectivity index (χ0n) is 17.9. The molecule has 2 aromatic rings. The van der Waals surface area contributed by atoms with Crippen LogP contribution >= 0.6 is 0 Å². The van der Waals surface area contributed by atoms with E-state index in [0.717, 1.165) is 16.1 Å². The summed E-state index contributed by atoms with van der Waals surface area (Å²) in [6.45, 7) is 1.83. The van der Waals surface area contributed by atoms with E-state index in [4.69, 9.17) is 0 Å². The van der Waals surface area contributed by atoms with Gasteiger partial charge in [0.2, 0.25) is 21.8 Å². The minimum absolute atomic E-state index is 0.00857. The van der Waals surface area contributed by atoms with Crippen LogP contribution in [-0.2, 0) is 26.2 Å². The average molecular weight is 450 g/mol. The van der Waals surface area contributed by atoms with Crippen molar-refractivity contribution in [2.45, 2.75) is 32.4 Å². The Balaban J connectivity index is 2.13. The van der Waals surface area contributed by atoms with Crippen LogP contribution in [0.25, 0.3) is 0 Å². The van der Waals surface area contributed by atoms with Crippen LogP contribution in [0.3, 0.4) is 0 Å². The number of hydrogen-bond acceptors (Lipinski definition) is 4. The number of rotatable bonds is 10. The zero-order chi connectivity index (χ0) is 23.0. The number of anilines is 1. The molecule has 9 heteroatoms. The third-order valence-electron chi connectivity index (χ3n) is 4.88. The number of nitrogens with zero attached hydrogens (tertiary/aromatic N) is 2. The summed E-state index contributed by atoms with van der Waals surface area (Å²) < 4.78 is 39.5. The summed E-state index contributed by atoms with van der Waals surface area (Å²) in [4.78, 5) is 26.6. The minimum Gasteiger partial charge on any atom is -0.357 e. The molecule has 0 heterocycles. The highest BCUT2D eigenvalue weighted by atomic mass is 32.2. The van der Waals surface area contributed by atoms with E-state index < -0.39 is 21.9 Å². The van der Waals surface area contributed by atoms with E-state index >= 15 is 0 Å². The number of sulfonamides is 1. The molecule has 0 bridgehead atoms. The van der Waals surface area contributed by atoms with Crippen molar-refractivity contribution in [2.24, 2.45) is 0 Å². The first kappa shape index (κ1) is 24.3. The Morgan fingerprint density at radius 3 is 2.26 bits per heavy atom. The maximum atomic E-state index is 14.1. The van der Waals surface area contributed by atoms with Gasteiger partial charge in [0.1, 0.15) is 11.9 Å². The van der Waals surface area contributed by atoms with Crippen molar-refractivity contribution in [3.8, 4) is 0 Å². The van der Waals surface area contributed by atoms with Crippen LogP contribution in [-0.4, -0.2) is 51.0 Å². The van der Waals surface area contributed by atoms with Crippen LogP contribution in [0.4, 0.5) is 10.1 Å². The number of likely N-dealkylation sites (N-methyl/N-ethyl adjacent to an activating group) is 1. The zero-order valence-corrected chi connectivity index (χ0v) is 18.7. The third kappa shape index (κ3) is 6.78. The smallest absolute Gasteiger partial charge is 0.242 e. The number of carbonyl (C=O) groups is 2. The fourth-order valence-corrected chi connectivity index (χ4v) is 4.17. The molecule has 0 spiro atoms. The maximum absolute atomic E-state index is 14.1. The Bertz CT molecular complexity index is 999. The van der Waals surface area contributed by atoms with Gasteiger partial charge in [0, 0.05) is 26.6 Å². The number of benzene rings is 2. The normalized spacial score (nSPS) is 12.1. The van der Waals surface area contributed by atoms with Gasteiger partial charge in [0.15, 0.2) is 0 Å². The number of nitrogens with one attached hydrogen (secondary N) is 1. The summed E-state index contributed by atoms with van der Waals surface area (Å²) in [5.41, 5.74) is 0.813. The summed E-state index contributed by atoms with van der Waals surface area (Å²) in [6, 6.07) is 14.2. The van der Waals surface area contributed by atoms with E-state index in [0.29, 0.717) is 0 Å². The summed E-state index contributed by atoms with van der Waals surface area (Å²) in [6.07, 6.45) is 1.18. The van der Waals surface area contributed by atoms with Gasteiger partial charge in [-0.3, -0.25) is 13.9 Å². The van der Waals surface area contributed by atoms with Crippen molar-refractivity contribution in [3.63, 3.8) is 0 Å². The monoisotopic (exact) mass is 449 g/mol. The lowest BCUT2D eigenvalue weighted by Gasteiger charge is -2.29. The average Bonchev–Trinajstić information content (AvgIpc) is 2.74. The Kier molecular flexibility index (Phi) is 8.56. The molecule has 0 aromatic heterocycles. The lowest BCUT2D eigenvalue weighted by Crippen LogP contribution is -2.46. The second-order valence-corrected chi connectivity index (χ2v) is 9.09. The van der Waals surface area contributed by atoms with Crippen LogP contribution in [0.1, 0.15) is 25.3 Å². The third-order valence-corrected chi connectivity index (χ3v) is 6.06. The molecule has 0 saturated carbocycles. The summed E-state index contributed by atoms with van der Waals surface area (Å²) in [7, 11) is -2.23. The number of carbonyl (C=O) groups excluding carboxylic acids is 2. The topological polar surface area (TPSA) is 86.8 Å². The molecule has 0 aliphatic heterocycles. The van der Waals surface area contributed by atoms with E-state index in [-0.39, 0.29) is 43.4 Å². The Morgan fingerprint density at radius 2 is 1.68 bits per heavy atom. The van der Waals surface area contributed by atoms with Gasteiger partial charge in [-0.2, -0.15) is 0 Å². The SMILES string of the molecule is CNC(=O)[C@H](C)N(Cc1ccccc1)C(=O)CCCN(c1ccccc1F)S(C)(=O)=O. The predicted octanol–water partition coefficient (Wildman–Crippen LogP) is 2.54. The molecule has 2 amide bonds. The highest BCUT2D eigenvalue weighted by molar-refractivity contribution is 7.92. The van der Waals surface area contributed by atoms with E-state index in [1.165, 1.54) is 30.1 Å². The largest absolute Gasteiger partial charge is 0.357 e. The van der Waals surface area contributed by atoms with E-state index in [9.17, 15) is 22.4 Å². The van der Waals surface area contributed by atoms with Gasteiger partial charge in [-0.25, -0.2) is 12.8 Å². The lowest BCUT2D eigenvalue weighted by molar-refractivity contribution is -0.140. The quantitative estimate of drug-likeness (QED) is 0.604. The van der Waals surface area contributed by atoms with Crippen LogP contribution in [0.15, 0.2) is 54.6 Å².